The first-order valence-electron chi connectivity index (χ1n) is 7.69. The maximum atomic E-state index is 12.6. The number of carbonyl (C=O) groups is 2. The summed E-state index contributed by atoms with van der Waals surface area (Å²) in [6.07, 6.45) is 0.832. The lowest BCUT2D eigenvalue weighted by Crippen LogP contribution is -2.42. The summed E-state index contributed by atoms with van der Waals surface area (Å²) in [6, 6.07) is 4.14. The molecular weight excluding hydrogens is 332 g/mol. The molecule has 1 heterocycles. The maximum absolute atomic E-state index is 12.6. The zero-order chi connectivity index (χ0) is 18.1. The van der Waals surface area contributed by atoms with Gasteiger partial charge in [0.2, 0.25) is 21.8 Å². The average molecular weight is 354 g/mol. The van der Waals surface area contributed by atoms with Crippen LogP contribution in [0.1, 0.15) is 40.0 Å². The summed E-state index contributed by atoms with van der Waals surface area (Å²) in [5, 5.41) is 0. The quantitative estimate of drug-likeness (QED) is 0.787. The van der Waals surface area contributed by atoms with Crippen molar-refractivity contribution in [1.82, 2.24) is 4.72 Å². The molecule has 2 amide bonds. The Labute approximate surface area is 142 Å². The number of imide groups is 1. The largest absolute Gasteiger partial charge is 0.495 e. The molecule has 0 bridgehead atoms. The van der Waals surface area contributed by atoms with Crippen LogP contribution in [0.2, 0.25) is 0 Å². The number of benzene rings is 1. The summed E-state index contributed by atoms with van der Waals surface area (Å²) in [7, 11) is -2.40. The van der Waals surface area contributed by atoms with Crippen molar-refractivity contribution in [3.05, 3.63) is 18.2 Å². The number of hydrogen-bond acceptors (Lipinski definition) is 5. The van der Waals surface area contributed by atoms with Crippen LogP contribution in [0, 0.1) is 0 Å². The first kappa shape index (κ1) is 18.4. The summed E-state index contributed by atoms with van der Waals surface area (Å²) in [6.45, 7) is 5.44. The van der Waals surface area contributed by atoms with Gasteiger partial charge in [0.25, 0.3) is 0 Å². The molecule has 24 heavy (non-hydrogen) atoms. The molecule has 1 aromatic carbocycles. The Morgan fingerprint density at radius 3 is 2.29 bits per heavy atom. The molecule has 7 nitrogen and oxygen atoms in total. The van der Waals surface area contributed by atoms with Crippen LogP contribution in [0.4, 0.5) is 5.69 Å². The number of nitrogens with zero attached hydrogens (tertiary/aromatic N) is 1. The van der Waals surface area contributed by atoms with Crippen molar-refractivity contribution in [3.8, 4) is 5.75 Å². The maximum Gasteiger partial charge on any atom is 0.241 e. The summed E-state index contributed by atoms with van der Waals surface area (Å²) < 4.78 is 33.0. The lowest BCUT2D eigenvalue weighted by Gasteiger charge is -2.25. The predicted molar refractivity (Wildman–Crippen MR) is 89.4 cm³/mol. The molecule has 1 saturated heterocycles. The van der Waals surface area contributed by atoms with E-state index in [0.717, 1.165) is 4.90 Å². The van der Waals surface area contributed by atoms with E-state index in [1.807, 2.05) is 6.92 Å². The van der Waals surface area contributed by atoms with Gasteiger partial charge >= 0.3 is 0 Å². The Morgan fingerprint density at radius 1 is 1.21 bits per heavy atom. The highest BCUT2D eigenvalue weighted by Gasteiger charge is 2.34. The lowest BCUT2D eigenvalue weighted by atomic mass is 10.0. The van der Waals surface area contributed by atoms with Gasteiger partial charge in [0.1, 0.15) is 5.75 Å². The van der Waals surface area contributed by atoms with Crippen molar-refractivity contribution in [2.24, 2.45) is 0 Å². The van der Waals surface area contributed by atoms with Crippen molar-refractivity contribution >= 4 is 27.5 Å². The Morgan fingerprint density at radius 2 is 1.79 bits per heavy atom. The molecule has 8 heteroatoms. The van der Waals surface area contributed by atoms with Crippen LogP contribution in [0.15, 0.2) is 23.1 Å². The highest BCUT2D eigenvalue weighted by atomic mass is 32.2. The van der Waals surface area contributed by atoms with Gasteiger partial charge in [-0.2, -0.15) is 0 Å². The molecule has 1 fully saturated rings. The number of ether oxygens (including phenoxy) is 1. The second-order valence-corrected chi connectivity index (χ2v) is 7.98. The molecule has 0 saturated carbocycles. The van der Waals surface area contributed by atoms with Gasteiger partial charge in [-0.15, -0.1) is 0 Å². The second kappa shape index (κ2) is 6.52. The van der Waals surface area contributed by atoms with Gasteiger partial charge in [0.15, 0.2) is 0 Å². The number of anilines is 1. The van der Waals surface area contributed by atoms with Crippen molar-refractivity contribution < 1.29 is 22.7 Å². The topological polar surface area (TPSA) is 92.8 Å². The molecule has 0 aromatic heterocycles. The van der Waals surface area contributed by atoms with E-state index in [0.29, 0.717) is 6.42 Å². The zero-order valence-electron chi connectivity index (χ0n) is 14.3. The first-order valence-corrected chi connectivity index (χ1v) is 9.17. The van der Waals surface area contributed by atoms with E-state index in [2.05, 4.69) is 4.72 Å². The van der Waals surface area contributed by atoms with E-state index < -0.39 is 15.6 Å². The van der Waals surface area contributed by atoms with Crippen LogP contribution in [-0.2, 0) is 19.6 Å². The van der Waals surface area contributed by atoms with Gasteiger partial charge in [0, 0.05) is 18.4 Å². The normalized spacial score (nSPS) is 15.9. The van der Waals surface area contributed by atoms with Crippen LogP contribution >= 0.6 is 0 Å². The van der Waals surface area contributed by atoms with E-state index >= 15 is 0 Å². The van der Waals surface area contributed by atoms with E-state index in [1.54, 1.807) is 13.8 Å². The summed E-state index contributed by atoms with van der Waals surface area (Å²) in [4.78, 5) is 24.9. The minimum atomic E-state index is -3.80. The highest BCUT2D eigenvalue weighted by molar-refractivity contribution is 7.89. The number of amides is 2. The molecule has 1 aromatic rings. The zero-order valence-corrected chi connectivity index (χ0v) is 15.1. The smallest absolute Gasteiger partial charge is 0.241 e. The van der Waals surface area contributed by atoms with Crippen LogP contribution in [0.5, 0.6) is 5.75 Å². The molecule has 0 atom stereocenters. The average Bonchev–Trinajstić information content (AvgIpc) is 2.84. The number of methoxy groups -OCH3 is 1. The Kier molecular flexibility index (Phi) is 5.00. The molecule has 0 aliphatic carbocycles. The number of nitrogens with one attached hydrogen (secondary N) is 1. The van der Waals surface area contributed by atoms with E-state index in [-0.39, 0.29) is 41.0 Å². The lowest BCUT2D eigenvalue weighted by molar-refractivity contribution is -0.121. The van der Waals surface area contributed by atoms with Crippen LogP contribution in [0.3, 0.4) is 0 Å². The molecule has 1 N–H and O–H groups in total. The molecule has 0 unspecified atom stereocenters. The summed E-state index contributed by atoms with van der Waals surface area (Å²) >= 11 is 0. The van der Waals surface area contributed by atoms with Crippen molar-refractivity contribution in [3.63, 3.8) is 0 Å². The Balaban J connectivity index is 2.49. The van der Waals surface area contributed by atoms with E-state index in [9.17, 15) is 18.0 Å². The number of carbonyl (C=O) groups excluding carboxylic acids is 2. The van der Waals surface area contributed by atoms with Gasteiger partial charge in [-0.1, -0.05) is 6.92 Å². The third kappa shape index (κ3) is 3.59. The molecule has 2 rings (SSSR count). The van der Waals surface area contributed by atoms with Crippen molar-refractivity contribution in [2.45, 2.75) is 50.5 Å². The molecule has 1 aliphatic rings. The molecule has 1 aliphatic heterocycles. The molecule has 132 valence electrons. The molecular formula is C16H22N2O5S. The minimum Gasteiger partial charge on any atom is -0.495 e. The Bertz CT molecular complexity index is 755. The van der Waals surface area contributed by atoms with Crippen LogP contribution in [0.25, 0.3) is 0 Å². The second-order valence-electron chi connectivity index (χ2n) is 6.30. The van der Waals surface area contributed by atoms with E-state index in [1.165, 1.54) is 25.3 Å². The third-order valence-corrected chi connectivity index (χ3v) is 5.74. The SMILES string of the molecule is CCC(C)(C)NS(=O)(=O)c1ccc(OC)c(N2C(=O)CCC2=O)c1. The van der Waals surface area contributed by atoms with Crippen LogP contribution < -0.4 is 14.4 Å². The monoisotopic (exact) mass is 354 g/mol. The van der Waals surface area contributed by atoms with Gasteiger partial charge in [-0.05, 0) is 38.5 Å². The van der Waals surface area contributed by atoms with Gasteiger partial charge in [0.05, 0.1) is 17.7 Å². The van der Waals surface area contributed by atoms with E-state index in [4.69, 9.17) is 4.74 Å². The fraction of sp³-hybridized carbons (Fsp3) is 0.500. The minimum absolute atomic E-state index is 0.0210. The van der Waals surface area contributed by atoms with Gasteiger partial charge in [-0.3, -0.25) is 9.59 Å². The highest BCUT2D eigenvalue weighted by Crippen LogP contribution is 2.34. The summed E-state index contributed by atoms with van der Waals surface area (Å²) in [5.74, 6) is -0.461. The standard InChI is InChI=1S/C16H22N2O5S/c1-5-16(2,3)17-24(21,22)11-6-7-13(23-4)12(10-11)18-14(19)8-9-15(18)20/h6-7,10,17H,5,8-9H2,1-4H3. The van der Waals surface area contributed by atoms with Gasteiger partial charge < -0.3 is 4.74 Å². The molecule has 0 radical (unpaired) electrons. The molecule has 0 spiro atoms. The fourth-order valence-corrected chi connectivity index (χ4v) is 3.86. The van der Waals surface area contributed by atoms with Crippen LogP contribution in [-0.4, -0.2) is 32.9 Å². The fourth-order valence-electron chi connectivity index (χ4n) is 2.35. The Hall–Kier alpha value is -1.93. The summed E-state index contributed by atoms with van der Waals surface area (Å²) in [5.41, 5.74) is -0.458. The van der Waals surface area contributed by atoms with Crippen molar-refractivity contribution in [1.29, 1.82) is 0 Å². The predicted octanol–water partition coefficient (Wildman–Crippen LogP) is 1.82. The number of rotatable bonds is 6. The van der Waals surface area contributed by atoms with Crippen molar-refractivity contribution in [2.75, 3.05) is 12.0 Å². The third-order valence-electron chi connectivity index (χ3n) is 4.05. The first-order chi connectivity index (χ1) is 11.1. The van der Waals surface area contributed by atoms with Gasteiger partial charge in [-0.25, -0.2) is 18.0 Å². The number of sulfonamides is 1. The number of hydrogen-bond donors (Lipinski definition) is 1.